The first-order chi connectivity index (χ1) is 13.5. The number of amides is 1. The summed E-state index contributed by atoms with van der Waals surface area (Å²) in [5.74, 6) is 1.23. The normalized spacial score (nSPS) is 20.0. The maximum atomic E-state index is 12.7. The molecule has 0 aliphatic carbocycles. The molecule has 2 aliphatic rings. The van der Waals surface area contributed by atoms with Crippen molar-refractivity contribution in [3.63, 3.8) is 0 Å². The Hall–Kier alpha value is -1.99. The molecule has 2 unspecified atom stereocenters. The van der Waals surface area contributed by atoms with Crippen molar-refractivity contribution in [3.8, 4) is 11.5 Å². The van der Waals surface area contributed by atoms with E-state index < -0.39 is 0 Å². The van der Waals surface area contributed by atoms with Crippen LogP contribution in [-0.2, 0) is 9.53 Å². The van der Waals surface area contributed by atoms with Gasteiger partial charge in [-0.1, -0.05) is 29.3 Å². The molecule has 0 spiro atoms. The zero-order chi connectivity index (χ0) is 19.7. The van der Waals surface area contributed by atoms with Gasteiger partial charge in [0.15, 0.2) is 11.5 Å². The molecule has 1 saturated heterocycles. The number of halogens is 2. The monoisotopic (exact) mass is 422 g/mol. The highest BCUT2D eigenvalue weighted by atomic mass is 35.5. The van der Waals surface area contributed by atoms with E-state index in [2.05, 4.69) is 10.2 Å². The first-order valence-electron chi connectivity index (χ1n) is 9.02. The number of anilines is 1. The first kappa shape index (κ1) is 19.3. The molecule has 4 rings (SSSR count). The van der Waals surface area contributed by atoms with Gasteiger partial charge in [0.2, 0.25) is 12.7 Å². The number of morpholine rings is 1. The van der Waals surface area contributed by atoms with Gasteiger partial charge in [0.05, 0.1) is 28.8 Å². The zero-order valence-corrected chi connectivity index (χ0v) is 16.8. The molecule has 8 heteroatoms. The van der Waals surface area contributed by atoms with Crippen LogP contribution in [0.25, 0.3) is 0 Å². The van der Waals surface area contributed by atoms with E-state index >= 15 is 0 Å². The second-order valence-corrected chi connectivity index (χ2v) is 7.58. The van der Waals surface area contributed by atoms with Crippen LogP contribution < -0.4 is 14.8 Å². The Balaban J connectivity index is 1.41. The molecule has 2 aromatic carbocycles. The maximum Gasteiger partial charge on any atom is 0.241 e. The van der Waals surface area contributed by atoms with Crippen LogP contribution in [0.4, 0.5) is 5.69 Å². The van der Waals surface area contributed by atoms with E-state index in [-0.39, 0.29) is 24.8 Å². The molecule has 0 aromatic heterocycles. The van der Waals surface area contributed by atoms with Crippen molar-refractivity contribution < 1.29 is 19.0 Å². The fraction of sp³-hybridized carbons (Fsp3) is 0.350. The van der Waals surface area contributed by atoms with Crippen LogP contribution >= 0.6 is 23.2 Å². The van der Waals surface area contributed by atoms with Crippen LogP contribution in [0.3, 0.4) is 0 Å². The number of fused-ring (bicyclic) bond motifs is 1. The molecule has 0 radical (unpaired) electrons. The summed E-state index contributed by atoms with van der Waals surface area (Å²) in [4.78, 5) is 14.8. The standard InChI is InChI=1S/C20H20Cl2N2O4/c1-12(20(25)23-14-3-5-17-18(9-14)28-11-27-17)24-6-7-26-19(10-24)13-2-4-15(21)16(22)8-13/h2-5,8-9,12,19H,6-7,10-11H2,1H3,(H,23,25). The number of carbonyl (C=O) groups is 1. The number of carbonyl (C=O) groups excluding carboxylic acids is 1. The number of hydrogen-bond acceptors (Lipinski definition) is 5. The lowest BCUT2D eigenvalue weighted by Crippen LogP contribution is -2.48. The SMILES string of the molecule is CC(C(=O)Nc1ccc2c(c1)OCO2)N1CCOC(c2ccc(Cl)c(Cl)c2)C1. The number of nitrogens with one attached hydrogen (secondary N) is 1. The molecule has 0 saturated carbocycles. The van der Waals surface area contributed by atoms with Gasteiger partial charge in [0.1, 0.15) is 0 Å². The quantitative estimate of drug-likeness (QED) is 0.802. The number of ether oxygens (including phenoxy) is 3. The van der Waals surface area contributed by atoms with Crippen molar-refractivity contribution in [2.75, 3.05) is 31.8 Å². The molecule has 2 aromatic rings. The number of nitrogens with zero attached hydrogens (tertiary/aromatic N) is 1. The van der Waals surface area contributed by atoms with Gasteiger partial charge in [-0.25, -0.2) is 0 Å². The van der Waals surface area contributed by atoms with E-state index in [9.17, 15) is 4.79 Å². The van der Waals surface area contributed by atoms with Gasteiger partial charge in [0.25, 0.3) is 0 Å². The molecular formula is C20H20Cl2N2O4. The summed E-state index contributed by atoms with van der Waals surface area (Å²) in [5, 5.41) is 3.95. The van der Waals surface area contributed by atoms with E-state index in [0.29, 0.717) is 46.9 Å². The molecule has 2 aliphatic heterocycles. The van der Waals surface area contributed by atoms with Crippen LogP contribution in [0.15, 0.2) is 36.4 Å². The van der Waals surface area contributed by atoms with Crippen molar-refractivity contribution in [2.24, 2.45) is 0 Å². The fourth-order valence-electron chi connectivity index (χ4n) is 3.32. The number of rotatable bonds is 4. The molecule has 1 N–H and O–H groups in total. The highest BCUT2D eigenvalue weighted by Crippen LogP contribution is 2.34. The highest BCUT2D eigenvalue weighted by Gasteiger charge is 2.29. The Morgan fingerprint density at radius 3 is 2.79 bits per heavy atom. The molecule has 148 valence electrons. The van der Waals surface area contributed by atoms with Gasteiger partial charge in [-0.2, -0.15) is 0 Å². The van der Waals surface area contributed by atoms with Crippen LogP contribution in [0, 0.1) is 0 Å². The summed E-state index contributed by atoms with van der Waals surface area (Å²) in [6.07, 6.45) is -0.163. The predicted molar refractivity (Wildman–Crippen MR) is 107 cm³/mol. The molecule has 2 heterocycles. The Kier molecular flexibility index (Phi) is 5.64. The molecule has 6 nitrogen and oxygen atoms in total. The van der Waals surface area contributed by atoms with Crippen molar-refractivity contribution in [2.45, 2.75) is 19.1 Å². The summed E-state index contributed by atoms with van der Waals surface area (Å²) in [5.41, 5.74) is 1.62. The van der Waals surface area contributed by atoms with Gasteiger partial charge in [-0.05, 0) is 36.8 Å². The molecule has 28 heavy (non-hydrogen) atoms. The predicted octanol–water partition coefficient (Wildman–Crippen LogP) is 4.12. The number of benzene rings is 2. The number of hydrogen-bond donors (Lipinski definition) is 1. The third kappa shape index (κ3) is 4.05. The minimum atomic E-state index is -0.320. The lowest BCUT2D eigenvalue weighted by molar-refractivity contribution is -0.124. The van der Waals surface area contributed by atoms with Gasteiger partial charge in [-0.3, -0.25) is 9.69 Å². The van der Waals surface area contributed by atoms with Crippen LogP contribution in [0.2, 0.25) is 10.0 Å². The average molecular weight is 423 g/mol. The van der Waals surface area contributed by atoms with Crippen molar-refractivity contribution in [1.29, 1.82) is 0 Å². The van der Waals surface area contributed by atoms with E-state index in [1.165, 1.54) is 0 Å². The smallest absolute Gasteiger partial charge is 0.241 e. The van der Waals surface area contributed by atoms with Crippen molar-refractivity contribution in [1.82, 2.24) is 4.90 Å². The van der Waals surface area contributed by atoms with Gasteiger partial charge >= 0.3 is 0 Å². The zero-order valence-electron chi connectivity index (χ0n) is 15.3. The minimum Gasteiger partial charge on any atom is -0.454 e. The molecule has 2 atom stereocenters. The van der Waals surface area contributed by atoms with Crippen molar-refractivity contribution in [3.05, 3.63) is 52.0 Å². The maximum absolute atomic E-state index is 12.7. The highest BCUT2D eigenvalue weighted by molar-refractivity contribution is 6.42. The third-order valence-corrected chi connectivity index (χ3v) is 5.72. The van der Waals surface area contributed by atoms with E-state index in [1.54, 1.807) is 24.3 Å². The summed E-state index contributed by atoms with van der Waals surface area (Å²) < 4.78 is 16.5. The molecular weight excluding hydrogens is 403 g/mol. The van der Waals surface area contributed by atoms with Gasteiger partial charge in [0, 0.05) is 24.8 Å². The lowest BCUT2D eigenvalue weighted by atomic mass is 10.1. The molecule has 1 amide bonds. The van der Waals surface area contributed by atoms with Gasteiger partial charge in [-0.15, -0.1) is 0 Å². The van der Waals surface area contributed by atoms with E-state index in [4.69, 9.17) is 37.4 Å². The van der Waals surface area contributed by atoms with E-state index in [1.807, 2.05) is 19.1 Å². The summed E-state index contributed by atoms with van der Waals surface area (Å²) in [7, 11) is 0. The Labute approximate surface area is 173 Å². The largest absolute Gasteiger partial charge is 0.454 e. The van der Waals surface area contributed by atoms with Crippen LogP contribution in [-0.4, -0.2) is 43.3 Å². The summed E-state index contributed by atoms with van der Waals surface area (Å²) in [6, 6.07) is 10.5. The first-order valence-corrected chi connectivity index (χ1v) is 9.78. The Morgan fingerprint density at radius 1 is 1.14 bits per heavy atom. The van der Waals surface area contributed by atoms with Gasteiger partial charge < -0.3 is 19.5 Å². The van der Waals surface area contributed by atoms with Crippen LogP contribution in [0.1, 0.15) is 18.6 Å². The van der Waals surface area contributed by atoms with Crippen LogP contribution in [0.5, 0.6) is 11.5 Å². The Morgan fingerprint density at radius 2 is 1.96 bits per heavy atom. The fourth-order valence-corrected chi connectivity index (χ4v) is 3.63. The van der Waals surface area contributed by atoms with E-state index in [0.717, 1.165) is 5.56 Å². The second-order valence-electron chi connectivity index (χ2n) is 6.76. The lowest BCUT2D eigenvalue weighted by Gasteiger charge is -2.36. The topological polar surface area (TPSA) is 60.0 Å². The summed E-state index contributed by atoms with van der Waals surface area (Å²) in [6.45, 7) is 3.89. The molecule has 1 fully saturated rings. The van der Waals surface area contributed by atoms with Crippen molar-refractivity contribution >= 4 is 34.8 Å². The third-order valence-electron chi connectivity index (χ3n) is 4.98. The average Bonchev–Trinajstić information content (AvgIpc) is 3.17. The Bertz CT molecular complexity index is 893. The molecule has 0 bridgehead atoms. The summed E-state index contributed by atoms with van der Waals surface area (Å²) >= 11 is 12.1. The minimum absolute atomic E-state index is 0.0892. The second kappa shape index (κ2) is 8.17.